The van der Waals surface area contributed by atoms with Gasteiger partial charge >= 0.3 is 6.01 Å². The molecule has 130 valence electrons. The predicted molar refractivity (Wildman–Crippen MR) is 90.6 cm³/mol. The van der Waals surface area contributed by atoms with Gasteiger partial charge in [-0.25, -0.2) is 18.4 Å². The van der Waals surface area contributed by atoms with Gasteiger partial charge in [0.05, 0.1) is 40.5 Å². The van der Waals surface area contributed by atoms with E-state index in [1.54, 1.807) is 0 Å². The van der Waals surface area contributed by atoms with Crippen molar-refractivity contribution in [2.75, 3.05) is 13.1 Å². The standard InChI is InChI=1S/C16H15ClN4O3S/c17-13-9-19-16(20-10-13)24-14-2-1-7-21(11-14)25(22,23)15-5-3-12(8-18)4-6-15/h3-6,9-10,14H,1-2,7,11H2. The van der Waals surface area contributed by atoms with Crippen molar-refractivity contribution in [2.45, 2.75) is 23.8 Å². The topological polar surface area (TPSA) is 96.2 Å². The normalized spacial score (nSPS) is 18.5. The van der Waals surface area contributed by atoms with Crippen LogP contribution in [0.3, 0.4) is 0 Å². The third-order valence-corrected chi connectivity index (χ3v) is 5.91. The lowest BCUT2D eigenvalue weighted by Gasteiger charge is -2.31. The van der Waals surface area contributed by atoms with E-state index in [4.69, 9.17) is 21.6 Å². The second-order valence-corrected chi connectivity index (χ2v) is 7.94. The molecule has 1 saturated heterocycles. The SMILES string of the molecule is N#Cc1ccc(S(=O)(=O)N2CCCC(Oc3ncc(Cl)cn3)C2)cc1. The van der Waals surface area contributed by atoms with Gasteiger partial charge in [0.2, 0.25) is 10.0 Å². The summed E-state index contributed by atoms with van der Waals surface area (Å²) in [6.45, 7) is 0.637. The molecule has 1 aliphatic heterocycles. The van der Waals surface area contributed by atoms with Gasteiger partial charge in [-0.3, -0.25) is 0 Å². The van der Waals surface area contributed by atoms with E-state index in [2.05, 4.69) is 9.97 Å². The zero-order valence-corrected chi connectivity index (χ0v) is 14.7. The molecule has 2 aromatic rings. The Morgan fingerprint density at radius 1 is 1.24 bits per heavy atom. The molecule has 0 bridgehead atoms. The lowest BCUT2D eigenvalue weighted by molar-refractivity contribution is 0.119. The highest BCUT2D eigenvalue weighted by Crippen LogP contribution is 2.23. The summed E-state index contributed by atoms with van der Waals surface area (Å²) >= 11 is 5.74. The molecular formula is C16H15ClN4O3S. The average molecular weight is 379 g/mol. The van der Waals surface area contributed by atoms with Gasteiger partial charge < -0.3 is 4.74 Å². The fraction of sp³-hybridized carbons (Fsp3) is 0.312. The molecule has 9 heteroatoms. The number of nitrogens with zero attached hydrogens (tertiary/aromatic N) is 4. The van der Waals surface area contributed by atoms with E-state index in [1.165, 1.54) is 41.0 Å². The van der Waals surface area contributed by atoms with E-state index in [0.29, 0.717) is 30.0 Å². The van der Waals surface area contributed by atoms with E-state index < -0.39 is 10.0 Å². The molecule has 1 aliphatic rings. The van der Waals surface area contributed by atoms with E-state index in [9.17, 15) is 8.42 Å². The Kier molecular flexibility index (Phi) is 5.18. The number of hydrogen-bond acceptors (Lipinski definition) is 6. The fourth-order valence-corrected chi connectivity index (χ4v) is 4.19. The highest BCUT2D eigenvalue weighted by Gasteiger charge is 2.31. The third kappa shape index (κ3) is 4.07. The highest BCUT2D eigenvalue weighted by atomic mass is 35.5. The molecule has 1 fully saturated rings. The van der Waals surface area contributed by atoms with Crippen molar-refractivity contribution in [3.8, 4) is 12.1 Å². The van der Waals surface area contributed by atoms with Crippen LogP contribution in [0.2, 0.25) is 5.02 Å². The minimum atomic E-state index is -3.64. The van der Waals surface area contributed by atoms with Crippen LogP contribution in [0.15, 0.2) is 41.6 Å². The first-order chi connectivity index (χ1) is 12.0. The van der Waals surface area contributed by atoms with Crippen LogP contribution in [0, 0.1) is 11.3 Å². The van der Waals surface area contributed by atoms with E-state index in [-0.39, 0.29) is 23.6 Å². The summed E-state index contributed by atoms with van der Waals surface area (Å²) in [6.07, 6.45) is 3.91. The number of sulfonamides is 1. The van der Waals surface area contributed by atoms with Crippen molar-refractivity contribution in [2.24, 2.45) is 0 Å². The molecule has 1 atom stereocenters. The molecule has 1 aromatic heterocycles. The molecule has 0 spiro atoms. The van der Waals surface area contributed by atoms with Gasteiger partial charge in [-0.2, -0.15) is 9.57 Å². The summed E-state index contributed by atoms with van der Waals surface area (Å²) in [5.41, 5.74) is 0.415. The van der Waals surface area contributed by atoms with Crippen molar-refractivity contribution in [1.82, 2.24) is 14.3 Å². The molecule has 1 unspecified atom stereocenters. The Bertz CT molecular complexity index is 879. The van der Waals surface area contributed by atoms with E-state index >= 15 is 0 Å². The third-order valence-electron chi connectivity index (χ3n) is 3.83. The van der Waals surface area contributed by atoms with Gasteiger partial charge in [0.15, 0.2) is 0 Å². The van der Waals surface area contributed by atoms with Crippen molar-refractivity contribution in [1.29, 1.82) is 5.26 Å². The molecule has 0 saturated carbocycles. The lowest BCUT2D eigenvalue weighted by Crippen LogP contribution is -2.44. The van der Waals surface area contributed by atoms with Crippen LogP contribution >= 0.6 is 11.6 Å². The predicted octanol–water partition coefficient (Wildman–Crippen LogP) is 2.23. The van der Waals surface area contributed by atoms with Gasteiger partial charge in [0, 0.05) is 6.54 Å². The molecular weight excluding hydrogens is 364 g/mol. The Morgan fingerprint density at radius 2 is 1.92 bits per heavy atom. The maximum absolute atomic E-state index is 12.8. The zero-order valence-electron chi connectivity index (χ0n) is 13.2. The Labute approximate surface area is 150 Å². The smallest absolute Gasteiger partial charge is 0.316 e. The molecule has 2 heterocycles. The molecule has 0 amide bonds. The van der Waals surface area contributed by atoms with Crippen molar-refractivity contribution >= 4 is 21.6 Å². The van der Waals surface area contributed by atoms with E-state index in [1.807, 2.05) is 6.07 Å². The Hall–Kier alpha value is -2.21. The van der Waals surface area contributed by atoms with Crippen LogP contribution in [0.5, 0.6) is 6.01 Å². The van der Waals surface area contributed by atoms with Crippen molar-refractivity contribution in [3.63, 3.8) is 0 Å². The van der Waals surface area contributed by atoms with Crippen LogP contribution < -0.4 is 4.74 Å². The second-order valence-electron chi connectivity index (χ2n) is 5.57. The minimum absolute atomic E-state index is 0.162. The first kappa shape index (κ1) is 17.6. The van der Waals surface area contributed by atoms with Gasteiger partial charge in [-0.1, -0.05) is 11.6 Å². The van der Waals surface area contributed by atoms with Gasteiger partial charge in [-0.15, -0.1) is 0 Å². The molecule has 0 N–H and O–H groups in total. The fourth-order valence-electron chi connectivity index (χ4n) is 2.58. The van der Waals surface area contributed by atoms with Crippen LogP contribution in [0.4, 0.5) is 0 Å². The quantitative estimate of drug-likeness (QED) is 0.809. The molecule has 3 rings (SSSR count). The number of piperidine rings is 1. The number of halogens is 1. The molecule has 25 heavy (non-hydrogen) atoms. The van der Waals surface area contributed by atoms with Crippen LogP contribution in [0.1, 0.15) is 18.4 Å². The number of ether oxygens (including phenoxy) is 1. The molecule has 0 aliphatic carbocycles. The maximum Gasteiger partial charge on any atom is 0.316 e. The summed E-state index contributed by atoms with van der Waals surface area (Å²) in [5.74, 6) is 0. The van der Waals surface area contributed by atoms with Gasteiger partial charge in [0.25, 0.3) is 0 Å². The number of nitriles is 1. The number of aromatic nitrogens is 2. The van der Waals surface area contributed by atoms with Crippen molar-refractivity contribution < 1.29 is 13.2 Å². The average Bonchev–Trinajstić information content (AvgIpc) is 2.64. The number of hydrogen-bond donors (Lipinski definition) is 0. The summed E-state index contributed by atoms with van der Waals surface area (Å²) < 4.78 is 32.6. The summed E-state index contributed by atoms with van der Waals surface area (Å²) in [4.78, 5) is 8.11. The zero-order chi connectivity index (χ0) is 17.9. The molecule has 1 aromatic carbocycles. The van der Waals surface area contributed by atoms with Crippen LogP contribution in [-0.4, -0.2) is 41.9 Å². The van der Waals surface area contributed by atoms with Gasteiger partial charge in [0.1, 0.15) is 6.10 Å². The summed E-state index contributed by atoms with van der Waals surface area (Å²) in [7, 11) is -3.64. The maximum atomic E-state index is 12.8. The summed E-state index contributed by atoms with van der Waals surface area (Å²) in [5, 5.41) is 9.23. The second kappa shape index (κ2) is 7.35. The molecule has 7 nitrogen and oxygen atoms in total. The first-order valence-corrected chi connectivity index (χ1v) is 9.45. The minimum Gasteiger partial charge on any atom is -0.459 e. The Balaban J connectivity index is 1.73. The van der Waals surface area contributed by atoms with Crippen molar-refractivity contribution in [3.05, 3.63) is 47.2 Å². The first-order valence-electron chi connectivity index (χ1n) is 7.63. The highest BCUT2D eigenvalue weighted by molar-refractivity contribution is 7.89. The summed E-state index contributed by atoms with van der Waals surface area (Å²) in [6, 6.07) is 8.02. The van der Waals surface area contributed by atoms with E-state index in [0.717, 1.165) is 0 Å². The van der Waals surface area contributed by atoms with Gasteiger partial charge in [-0.05, 0) is 37.1 Å². The number of rotatable bonds is 4. The molecule has 0 radical (unpaired) electrons. The number of benzene rings is 1. The lowest BCUT2D eigenvalue weighted by atomic mass is 10.1. The monoisotopic (exact) mass is 378 g/mol. The van der Waals surface area contributed by atoms with Crippen LogP contribution in [-0.2, 0) is 10.0 Å². The Morgan fingerprint density at radius 3 is 2.56 bits per heavy atom. The largest absolute Gasteiger partial charge is 0.459 e. The van der Waals surface area contributed by atoms with Crippen LogP contribution in [0.25, 0.3) is 0 Å².